The molecule has 3 rings (SSSR count). The second-order valence-corrected chi connectivity index (χ2v) is 6.62. The molecule has 3 heteroatoms. The molecule has 0 aromatic heterocycles. The second-order valence-electron chi connectivity index (χ2n) is 6.62. The molecule has 21 heavy (non-hydrogen) atoms. The Hall–Kier alpha value is -1.35. The smallest absolute Gasteiger partial charge is 0.228 e. The van der Waals surface area contributed by atoms with E-state index < -0.39 is 0 Å². The minimum Gasteiger partial charge on any atom is -0.315 e. The summed E-state index contributed by atoms with van der Waals surface area (Å²) in [5.41, 5.74) is 2.32. The quantitative estimate of drug-likeness (QED) is 0.920. The number of para-hydroxylation sites is 1. The number of hydrogen-bond acceptors (Lipinski definition) is 2. The average molecular weight is 286 g/mol. The Morgan fingerprint density at radius 2 is 1.90 bits per heavy atom. The first-order valence-corrected chi connectivity index (χ1v) is 8.28. The summed E-state index contributed by atoms with van der Waals surface area (Å²) in [5.74, 6) is 0.975. The zero-order chi connectivity index (χ0) is 14.8. The maximum atomic E-state index is 12.2. The Balaban J connectivity index is 1.76. The summed E-state index contributed by atoms with van der Waals surface area (Å²) in [5, 5.41) is 3.75. The highest BCUT2D eigenvalue weighted by Crippen LogP contribution is 2.35. The van der Waals surface area contributed by atoms with Crippen LogP contribution in [0.5, 0.6) is 0 Å². The van der Waals surface area contributed by atoms with E-state index in [0.717, 1.165) is 11.6 Å². The Labute approximate surface area is 127 Å². The van der Waals surface area contributed by atoms with Gasteiger partial charge in [-0.25, -0.2) is 0 Å². The fourth-order valence-electron chi connectivity index (χ4n) is 3.88. The molecule has 2 atom stereocenters. The molecule has 1 aliphatic heterocycles. The van der Waals surface area contributed by atoms with Crippen LogP contribution in [-0.4, -0.2) is 19.0 Å². The van der Waals surface area contributed by atoms with Crippen molar-refractivity contribution in [1.29, 1.82) is 0 Å². The van der Waals surface area contributed by atoms with Crippen molar-refractivity contribution in [3.8, 4) is 0 Å². The van der Waals surface area contributed by atoms with E-state index in [9.17, 15) is 4.79 Å². The predicted molar refractivity (Wildman–Crippen MR) is 86.4 cm³/mol. The molecule has 114 valence electrons. The molecule has 0 saturated heterocycles. The maximum absolute atomic E-state index is 12.2. The van der Waals surface area contributed by atoms with Gasteiger partial charge in [-0.1, -0.05) is 37.5 Å². The van der Waals surface area contributed by atoms with Gasteiger partial charge in [0.25, 0.3) is 0 Å². The van der Waals surface area contributed by atoms with E-state index in [1.165, 1.54) is 37.7 Å². The van der Waals surface area contributed by atoms with E-state index in [4.69, 9.17) is 0 Å². The van der Waals surface area contributed by atoms with Crippen LogP contribution in [0, 0.1) is 5.92 Å². The summed E-state index contributed by atoms with van der Waals surface area (Å²) in [4.78, 5) is 14.0. The number of fused-ring (bicyclic) bond motifs is 1. The molecule has 1 heterocycles. The Bertz CT molecular complexity index is 508. The van der Waals surface area contributed by atoms with Gasteiger partial charge >= 0.3 is 0 Å². The number of rotatable bonds is 3. The van der Waals surface area contributed by atoms with E-state index in [1.807, 2.05) is 19.2 Å². The van der Waals surface area contributed by atoms with Crippen LogP contribution in [-0.2, 0) is 4.79 Å². The topological polar surface area (TPSA) is 32.3 Å². The van der Waals surface area contributed by atoms with Gasteiger partial charge in [0.15, 0.2) is 0 Å². The Morgan fingerprint density at radius 1 is 1.19 bits per heavy atom. The van der Waals surface area contributed by atoms with Crippen molar-refractivity contribution in [3.63, 3.8) is 0 Å². The summed E-state index contributed by atoms with van der Waals surface area (Å²) < 4.78 is 0. The molecular formula is C18H26N2O. The van der Waals surface area contributed by atoms with Crippen molar-refractivity contribution in [2.75, 3.05) is 11.9 Å². The van der Waals surface area contributed by atoms with E-state index in [1.54, 1.807) is 4.90 Å². The predicted octanol–water partition coefficient (Wildman–Crippen LogP) is 3.65. The lowest BCUT2D eigenvalue weighted by Gasteiger charge is -2.36. The molecule has 1 fully saturated rings. The summed E-state index contributed by atoms with van der Waals surface area (Å²) in [6.07, 6.45) is 7.34. The molecule has 0 radical (unpaired) electrons. The van der Waals surface area contributed by atoms with Gasteiger partial charge in [-0.15, -0.1) is 0 Å². The molecule has 0 bridgehead atoms. The van der Waals surface area contributed by atoms with Crippen LogP contribution < -0.4 is 10.2 Å². The minimum atomic E-state index is 0.168. The highest BCUT2D eigenvalue weighted by molar-refractivity contribution is 5.96. The van der Waals surface area contributed by atoms with Crippen molar-refractivity contribution in [2.24, 2.45) is 5.92 Å². The van der Waals surface area contributed by atoms with Crippen LogP contribution >= 0.6 is 0 Å². The van der Waals surface area contributed by atoms with E-state index >= 15 is 0 Å². The van der Waals surface area contributed by atoms with Gasteiger partial charge in [0, 0.05) is 31.2 Å². The van der Waals surface area contributed by atoms with E-state index in [0.29, 0.717) is 12.5 Å². The molecule has 1 aliphatic carbocycles. The van der Waals surface area contributed by atoms with Crippen molar-refractivity contribution in [3.05, 3.63) is 29.8 Å². The lowest BCUT2D eigenvalue weighted by molar-refractivity contribution is -0.119. The van der Waals surface area contributed by atoms with Gasteiger partial charge in [0.1, 0.15) is 0 Å². The number of benzene rings is 1. The molecule has 0 spiro atoms. The fraction of sp³-hybridized carbons (Fsp3) is 0.611. The highest BCUT2D eigenvalue weighted by atomic mass is 16.2. The van der Waals surface area contributed by atoms with Crippen molar-refractivity contribution in [2.45, 2.75) is 57.5 Å². The molecule has 1 N–H and O–H groups in total. The number of anilines is 1. The molecule has 2 aliphatic rings. The lowest BCUT2D eigenvalue weighted by Crippen LogP contribution is -2.43. The first kappa shape index (κ1) is 14.6. The van der Waals surface area contributed by atoms with Gasteiger partial charge in [0.2, 0.25) is 5.91 Å². The number of hydrogen-bond donors (Lipinski definition) is 1. The third-order valence-corrected chi connectivity index (χ3v) is 5.25. The average Bonchev–Trinajstić information content (AvgIpc) is 2.53. The lowest BCUT2D eigenvalue weighted by atomic mass is 9.83. The van der Waals surface area contributed by atoms with Gasteiger partial charge < -0.3 is 10.2 Å². The number of nitrogens with zero attached hydrogens (tertiary/aromatic N) is 1. The second kappa shape index (κ2) is 6.18. The first-order valence-electron chi connectivity index (χ1n) is 8.28. The summed E-state index contributed by atoms with van der Waals surface area (Å²) in [7, 11) is 1.88. The fourth-order valence-corrected chi connectivity index (χ4v) is 3.88. The van der Waals surface area contributed by atoms with Gasteiger partial charge in [-0.2, -0.15) is 0 Å². The minimum absolute atomic E-state index is 0.168. The molecular weight excluding hydrogens is 260 g/mol. The monoisotopic (exact) mass is 286 g/mol. The molecule has 3 nitrogen and oxygen atoms in total. The van der Waals surface area contributed by atoms with Crippen LogP contribution in [0.15, 0.2) is 24.3 Å². The SMILES string of the molecule is C[C@@H](NC1CC(=O)N(C)c2ccccc21)C1CCCCC1. The van der Waals surface area contributed by atoms with Crippen LogP contribution in [0.3, 0.4) is 0 Å². The van der Waals surface area contributed by atoms with Crippen molar-refractivity contribution in [1.82, 2.24) is 5.32 Å². The molecule has 1 amide bonds. The number of carbonyl (C=O) groups excluding carboxylic acids is 1. The zero-order valence-electron chi connectivity index (χ0n) is 13.1. The normalized spacial score (nSPS) is 24.8. The van der Waals surface area contributed by atoms with E-state index in [2.05, 4.69) is 24.4 Å². The number of amides is 1. The number of carbonyl (C=O) groups is 1. The van der Waals surface area contributed by atoms with Gasteiger partial charge in [-0.05, 0) is 37.3 Å². The standard InChI is InChI=1S/C18H26N2O/c1-13(14-8-4-3-5-9-14)19-16-12-18(21)20(2)17-11-7-6-10-15(16)17/h6-7,10-11,13-14,16,19H,3-5,8-9,12H2,1-2H3/t13-,16?/m1/s1. The van der Waals surface area contributed by atoms with Gasteiger partial charge in [-0.3, -0.25) is 4.79 Å². The van der Waals surface area contributed by atoms with Crippen LogP contribution in [0.2, 0.25) is 0 Å². The van der Waals surface area contributed by atoms with Crippen LogP contribution in [0.4, 0.5) is 5.69 Å². The molecule has 1 unspecified atom stereocenters. The van der Waals surface area contributed by atoms with E-state index in [-0.39, 0.29) is 11.9 Å². The zero-order valence-corrected chi connectivity index (χ0v) is 13.1. The summed E-state index contributed by atoms with van der Waals surface area (Å²) in [6, 6.07) is 8.94. The van der Waals surface area contributed by atoms with Gasteiger partial charge in [0.05, 0.1) is 0 Å². The largest absolute Gasteiger partial charge is 0.315 e. The first-order chi connectivity index (χ1) is 10.2. The summed E-state index contributed by atoms with van der Waals surface area (Å²) in [6.45, 7) is 2.29. The van der Waals surface area contributed by atoms with Crippen molar-refractivity contribution >= 4 is 11.6 Å². The molecule has 1 aromatic carbocycles. The highest BCUT2D eigenvalue weighted by Gasteiger charge is 2.31. The van der Waals surface area contributed by atoms with Crippen LogP contribution in [0.1, 0.15) is 57.1 Å². The molecule has 1 saturated carbocycles. The Kier molecular flexibility index (Phi) is 4.29. The third-order valence-electron chi connectivity index (χ3n) is 5.25. The van der Waals surface area contributed by atoms with Crippen molar-refractivity contribution < 1.29 is 4.79 Å². The Morgan fingerprint density at radius 3 is 2.67 bits per heavy atom. The molecule has 1 aromatic rings. The maximum Gasteiger partial charge on any atom is 0.228 e. The number of nitrogens with one attached hydrogen (secondary N) is 1. The summed E-state index contributed by atoms with van der Waals surface area (Å²) >= 11 is 0. The third kappa shape index (κ3) is 2.98. The van der Waals surface area contributed by atoms with Crippen LogP contribution in [0.25, 0.3) is 0 Å².